The number of carbonyl (C=O) groups is 2. The molecule has 2 heterocycles. The molecule has 0 aromatic carbocycles. The van der Waals surface area contributed by atoms with Crippen molar-refractivity contribution in [3.63, 3.8) is 0 Å². The SMILES string of the molecule is Cc1nc(Br)ccc1N1CC(C(=O)O)CC1=O. The van der Waals surface area contributed by atoms with Crippen molar-refractivity contribution in [1.82, 2.24) is 4.98 Å². The van der Waals surface area contributed by atoms with E-state index in [1.165, 1.54) is 4.90 Å². The fraction of sp³-hybridized carbons (Fsp3) is 0.364. The first kappa shape index (κ1) is 12.0. The number of hydrogen-bond donors (Lipinski definition) is 1. The number of nitrogens with zero attached hydrogens (tertiary/aromatic N) is 2. The van der Waals surface area contributed by atoms with Gasteiger partial charge in [-0.2, -0.15) is 0 Å². The molecule has 1 amide bonds. The lowest BCUT2D eigenvalue weighted by Crippen LogP contribution is -2.26. The standard InChI is InChI=1S/C11H11BrN2O3/c1-6-8(2-3-9(12)13-6)14-5-7(11(16)17)4-10(14)15/h2-3,7H,4-5H2,1H3,(H,16,17). The third kappa shape index (κ3) is 2.31. The number of aromatic nitrogens is 1. The average molecular weight is 299 g/mol. The Labute approximate surface area is 107 Å². The Morgan fingerprint density at radius 2 is 2.29 bits per heavy atom. The van der Waals surface area contributed by atoms with E-state index in [-0.39, 0.29) is 18.9 Å². The Bertz CT molecular complexity index is 490. The van der Waals surface area contributed by atoms with E-state index in [0.717, 1.165) is 0 Å². The molecule has 1 aromatic heterocycles. The van der Waals surface area contributed by atoms with Crippen molar-refractivity contribution >= 4 is 33.5 Å². The number of anilines is 1. The number of amides is 1. The van der Waals surface area contributed by atoms with Crippen molar-refractivity contribution < 1.29 is 14.7 Å². The molecule has 1 aromatic rings. The molecule has 0 bridgehead atoms. The van der Waals surface area contributed by atoms with Gasteiger partial charge in [0.2, 0.25) is 5.91 Å². The molecule has 1 fully saturated rings. The van der Waals surface area contributed by atoms with E-state index in [1.807, 2.05) is 0 Å². The first-order valence-corrected chi connectivity index (χ1v) is 5.94. The van der Waals surface area contributed by atoms with E-state index in [0.29, 0.717) is 16.0 Å². The van der Waals surface area contributed by atoms with Crippen LogP contribution in [0, 0.1) is 12.8 Å². The molecule has 1 saturated heterocycles. The van der Waals surface area contributed by atoms with Gasteiger partial charge in [0.1, 0.15) is 4.60 Å². The molecule has 1 N–H and O–H groups in total. The monoisotopic (exact) mass is 298 g/mol. The molecule has 90 valence electrons. The molecule has 0 spiro atoms. The van der Waals surface area contributed by atoms with E-state index in [4.69, 9.17) is 5.11 Å². The summed E-state index contributed by atoms with van der Waals surface area (Å²) in [6.07, 6.45) is 0.0604. The van der Waals surface area contributed by atoms with Gasteiger partial charge in [-0.1, -0.05) is 0 Å². The molecule has 1 aliphatic heterocycles. The van der Waals surface area contributed by atoms with Crippen LogP contribution in [0.15, 0.2) is 16.7 Å². The summed E-state index contributed by atoms with van der Waals surface area (Å²) in [5.41, 5.74) is 1.39. The predicted octanol–water partition coefficient (Wildman–Crippen LogP) is 1.59. The first-order chi connectivity index (χ1) is 7.99. The Kier molecular flexibility index (Phi) is 3.15. The largest absolute Gasteiger partial charge is 0.481 e. The van der Waals surface area contributed by atoms with Crippen molar-refractivity contribution in [3.8, 4) is 0 Å². The van der Waals surface area contributed by atoms with Crippen LogP contribution in [-0.2, 0) is 9.59 Å². The minimum absolute atomic E-state index is 0.0604. The van der Waals surface area contributed by atoms with E-state index in [9.17, 15) is 9.59 Å². The summed E-state index contributed by atoms with van der Waals surface area (Å²) in [6.45, 7) is 2.01. The van der Waals surface area contributed by atoms with Gasteiger partial charge in [-0.05, 0) is 35.0 Å². The van der Waals surface area contributed by atoms with E-state index in [1.54, 1.807) is 19.1 Å². The summed E-state index contributed by atoms with van der Waals surface area (Å²) in [6, 6.07) is 3.51. The van der Waals surface area contributed by atoms with Crippen molar-refractivity contribution in [2.75, 3.05) is 11.4 Å². The van der Waals surface area contributed by atoms with Crippen LogP contribution >= 0.6 is 15.9 Å². The molecule has 5 nitrogen and oxygen atoms in total. The maximum Gasteiger partial charge on any atom is 0.308 e. The molecule has 1 atom stereocenters. The van der Waals surface area contributed by atoms with Crippen molar-refractivity contribution in [2.24, 2.45) is 5.92 Å². The number of hydrogen-bond acceptors (Lipinski definition) is 3. The van der Waals surface area contributed by atoms with Crippen LogP contribution in [0.1, 0.15) is 12.1 Å². The Hall–Kier alpha value is -1.43. The van der Waals surface area contributed by atoms with E-state index < -0.39 is 11.9 Å². The minimum atomic E-state index is -0.927. The Morgan fingerprint density at radius 3 is 2.82 bits per heavy atom. The van der Waals surface area contributed by atoms with Gasteiger partial charge < -0.3 is 10.0 Å². The minimum Gasteiger partial charge on any atom is -0.481 e. The van der Waals surface area contributed by atoms with Crippen LogP contribution in [0.2, 0.25) is 0 Å². The number of carbonyl (C=O) groups excluding carboxylic acids is 1. The predicted molar refractivity (Wildman–Crippen MR) is 64.8 cm³/mol. The highest BCUT2D eigenvalue weighted by Crippen LogP contribution is 2.28. The molecule has 1 unspecified atom stereocenters. The highest BCUT2D eigenvalue weighted by molar-refractivity contribution is 9.10. The molecule has 1 aliphatic rings. The second-order valence-corrected chi connectivity index (χ2v) is 4.79. The van der Waals surface area contributed by atoms with Crippen LogP contribution in [0.25, 0.3) is 0 Å². The van der Waals surface area contributed by atoms with Crippen LogP contribution in [0.4, 0.5) is 5.69 Å². The zero-order valence-corrected chi connectivity index (χ0v) is 10.8. The lowest BCUT2D eigenvalue weighted by molar-refractivity contribution is -0.141. The number of carboxylic acid groups (broad SMARTS) is 1. The summed E-state index contributed by atoms with van der Waals surface area (Å²) in [7, 11) is 0. The fourth-order valence-electron chi connectivity index (χ4n) is 1.91. The number of aliphatic carboxylic acids is 1. The molecular weight excluding hydrogens is 288 g/mol. The summed E-state index contributed by atoms with van der Waals surface area (Å²) in [4.78, 5) is 28.3. The maximum absolute atomic E-state index is 11.7. The van der Waals surface area contributed by atoms with Gasteiger partial charge in [0, 0.05) is 13.0 Å². The van der Waals surface area contributed by atoms with Gasteiger partial charge in [-0.3, -0.25) is 9.59 Å². The summed E-state index contributed by atoms with van der Waals surface area (Å²) in [5.74, 6) is -1.71. The zero-order chi connectivity index (χ0) is 12.6. The van der Waals surface area contributed by atoms with Gasteiger partial charge in [-0.25, -0.2) is 4.98 Å². The highest BCUT2D eigenvalue weighted by atomic mass is 79.9. The molecule has 17 heavy (non-hydrogen) atoms. The zero-order valence-electron chi connectivity index (χ0n) is 9.18. The molecule has 2 rings (SSSR count). The lowest BCUT2D eigenvalue weighted by Gasteiger charge is -2.17. The molecule has 0 aliphatic carbocycles. The topological polar surface area (TPSA) is 70.5 Å². The van der Waals surface area contributed by atoms with Crippen LogP contribution in [0.5, 0.6) is 0 Å². The summed E-state index contributed by atoms with van der Waals surface area (Å²) >= 11 is 3.25. The summed E-state index contributed by atoms with van der Waals surface area (Å²) in [5, 5.41) is 8.91. The number of pyridine rings is 1. The van der Waals surface area contributed by atoms with Crippen molar-refractivity contribution in [1.29, 1.82) is 0 Å². The third-order valence-corrected chi connectivity index (χ3v) is 3.23. The highest BCUT2D eigenvalue weighted by Gasteiger charge is 2.35. The first-order valence-electron chi connectivity index (χ1n) is 5.15. The average Bonchev–Trinajstić information content (AvgIpc) is 2.61. The van der Waals surface area contributed by atoms with E-state index in [2.05, 4.69) is 20.9 Å². The molecule has 0 saturated carbocycles. The van der Waals surface area contributed by atoms with Gasteiger partial charge in [-0.15, -0.1) is 0 Å². The Morgan fingerprint density at radius 1 is 1.59 bits per heavy atom. The number of rotatable bonds is 2. The second kappa shape index (κ2) is 4.44. The van der Waals surface area contributed by atoms with Gasteiger partial charge in [0.05, 0.1) is 17.3 Å². The maximum atomic E-state index is 11.7. The fourth-order valence-corrected chi connectivity index (χ4v) is 2.31. The number of carboxylic acids is 1. The smallest absolute Gasteiger partial charge is 0.308 e. The molecule has 0 radical (unpaired) electrons. The molecule has 6 heteroatoms. The van der Waals surface area contributed by atoms with Gasteiger partial charge in [0.25, 0.3) is 0 Å². The second-order valence-electron chi connectivity index (χ2n) is 3.98. The van der Waals surface area contributed by atoms with E-state index >= 15 is 0 Å². The quantitative estimate of drug-likeness (QED) is 0.842. The lowest BCUT2D eigenvalue weighted by atomic mass is 10.1. The van der Waals surface area contributed by atoms with Crippen LogP contribution < -0.4 is 4.90 Å². The van der Waals surface area contributed by atoms with Crippen molar-refractivity contribution in [2.45, 2.75) is 13.3 Å². The Balaban J connectivity index is 2.29. The number of halogens is 1. The molecular formula is C11H11BrN2O3. The number of aryl methyl sites for hydroxylation is 1. The van der Waals surface area contributed by atoms with Gasteiger partial charge >= 0.3 is 5.97 Å². The van der Waals surface area contributed by atoms with Crippen LogP contribution in [0.3, 0.4) is 0 Å². The van der Waals surface area contributed by atoms with Crippen LogP contribution in [-0.4, -0.2) is 28.5 Å². The third-order valence-electron chi connectivity index (χ3n) is 2.79. The summed E-state index contributed by atoms with van der Waals surface area (Å²) < 4.78 is 0.695. The van der Waals surface area contributed by atoms with Crippen molar-refractivity contribution in [3.05, 3.63) is 22.4 Å². The van der Waals surface area contributed by atoms with Gasteiger partial charge in [0.15, 0.2) is 0 Å². The normalized spacial score (nSPS) is 19.8.